The van der Waals surface area contributed by atoms with E-state index in [9.17, 15) is 0 Å². The average molecular weight is 557 g/mol. The van der Waals surface area contributed by atoms with Crippen LogP contribution in [0.3, 0.4) is 0 Å². The Balaban J connectivity index is 1.79. The van der Waals surface area contributed by atoms with E-state index in [2.05, 4.69) is 111 Å². The van der Waals surface area contributed by atoms with Crippen molar-refractivity contribution in [3.63, 3.8) is 0 Å². The second-order valence-electron chi connectivity index (χ2n) is 8.46. The molecule has 3 aromatic carbocycles. The minimum Gasteiger partial charge on any atom is -0.493 e. The van der Waals surface area contributed by atoms with Gasteiger partial charge in [-0.1, -0.05) is 101 Å². The Kier molecular flexibility index (Phi) is 7.96. The summed E-state index contributed by atoms with van der Waals surface area (Å²) < 4.78 is 8.86. The highest BCUT2D eigenvalue weighted by atomic mass is 79.9. The smallest absolute Gasteiger partial charge is 0.127 e. The van der Waals surface area contributed by atoms with E-state index in [4.69, 9.17) is 4.74 Å². The zero-order valence-corrected chi connectivity index (χ0v) is 22.1. The number of hydrogen-bond acceptors (Lipinski definition) is 1. The van der Waals surface area contributed by atoms with Gasteiger partial charge in [0.1, 0.15) is 5.75 Å². The number of benzene rings is 3. The summed E-state index contributed by atoms with van der Waals surface area (Å²) in [5.41, 5.74) is 6.04. The average Bonchev–Trinajstić information content (AvgIpc) is 3.18. The molecule has 1 atom stereocenters. The molecule has 4 heteroatoms. The summed E-state index contributed by atoms with van der Waals surface area (Å²) in [5, 5.41) is 4.09. The number of unbranched alkanes of at least 4 members (excludes halogenated alkanes) is 1. The van der Waals surface area contributed by atoms with Crippen LogP contribution in [0, 0.1) is 5.92 Å². The van der Waals surface area contributed by atoms with Crippen molar-refractivity contribution in [2.45, 2.75) is 50.2 Å². The molecule has 2 nitrogen and oxygen atoms in total. The van der Waals surface area contributed by atoms with Crippen molar-refractivity contribution in [1.29, 1.82) is 0 Å². The van der Waals surface area contributed by atoms with Gasteiger partial charge in [0.15, 0.2) is 0 Å². The van der Waals surface area contributed by atoms with Crippen molar-refractivity contribution >= 4 is 53.7 Å². The Labute approximate surface area is 208 Å². The van der Waals surface area contributed by atoms with E-state index in [1.54, 1.807) is 0 Å². The molecule has 4 rings (SSSR count). The molecule has 0 spiro atoms. The molecule has 1 unspecified atom stereocenters. The minimum atomic E-state index is 0.610. The number of nitrogens with zero attached hydrogens (tertiary/aromatic N) is 1. The first-order valence-electron chi connectivity index (χ1n) is 11.6. The fourth-order valence-corrected chi connectivity index (χ4v) is 5.38. The first kappa shape index (κ1) is 23.4. The van der Waals surface area contributed by atoms with Gasteiger partial charge in [0.05, 0.1) is 17.6 Å². The predicted octanol–water partition coefficient (Wildman–Crippen LogP) is 9.17. The zero-order valence-electron chi connectivity index (χ0n) is 18.9. The third kappa shape index (κ3) is 4.63. The summed E-state index contributed by atoms with van der Waals surface area (Å²) in [6, 6.07) is 21.9. The van der Waals surface area contributed by atoms with Crippen molar-refractivity contribution < 1.29 is 4.74 Å². The van der Waals surface area contributed by atoms with Crippen LogP contribution in [0.1, 0.15) is 50.7 Å². The number of fused-ring (bicyclic) bond motifs is 3. The van der Waals surface area contributed by atoms with Gasteiger partial charge in [-0.3, -0.25) is 0 Å². The quantitative estimate of drug-likeness (QED) is 0.177. The van der Waals surface area contributed by atoms with E-state index in [1.165, 1.54) is 57.9 Å². The summed E-state index contributed by atoms with van der Waals surface area (Å²) >= 11 is 7.46. The maximum absolute atomic E-state index is 6.48. The first-order chi connectivity index (χ1) is 15.7. The molecule has 0 N–H and O–H groups in total. The van der Waals surface area contributed by atoms with Gasteiger partial charge in [0.25, 0.3) is 0 Å². The molecular weight excluding hydrogens is 526 g/mol. The van der Waals surface area contributed by atoms with E-state index in [1.807, 2.05) is 0 Å². The van der Waals surface area contributed by atoms with Crippen LogP contribution in [0.25, 0.3) is 27.5 Å². The number of hydrogen-bond donors (Lipinski definition) is 0. The lowest BCUT2D eigenvalue weighted by Crippen LogP contribution is -2.13. The number of rotatable bonds is 10. The van der Waals surface area contributed by atoms with E-state index in [0.29, 0.717) is 5.92 Å². The standard InChI is InChI=1S/C28H31Br2NO/c1-3-5-10-20(4-2)19-32-28-21(17-29)15-23(16-22(28)18-30)31-26-13-8-6-11-24(26)25-12-7-9-14-27(25)31/h6-9,11-16,20H,3-5,10,17-19H2,1-2H3. The van der Waals surface area contributed by atoms with Gasteiger partial charge in [-0.25, -0.2) is 0 Å². The Morgan fingerprint density at radius 1 is 0.844 bits per heavy atom. The van der Waals surface area contributed by atoms with Crippen molar-refractivity contribution in [3.05, 3.63) is 71.8 Å². The second kappa shape index (κ2) is 10.9. The van der Waals surface area contributed by atoms with Gasteiger partial charge in [-0.15, -0.1) is 0 Å². The number of para-hydroxylation sites is 2. The van der Waals surface area contributed by atoms with Crippen LogP contribution >= 0.6 is 31.9 Å². The van der Waals surface area contributed by atoms with Gasteiger partial charge in [0.2, 0.25) is 0 Å². The zero-order chi connectivity index (χ0) is 22.5. The minimum absolute atomic E-state index is 0.610. The van der Waals surface area contributed by atoms with Crippen LogP contribution < -0.4 is 4.74 Å². The van der Waals surface area contributed by atoms with Crippen molar-refractivity contribution in [1.82, 2.24) is 4.57 Å². The van der Waals surface area contributed by atoms with Gasteiger partial charge in [0, 0.05) is 38.2 Å². The van der Waals surface area contributed by atoms with Crippen LogP contribution in [0.2, 0.25) is 0 Å². The summed E-state index contributed by atoms with van der Waals surface area (Å²) in [5.74, 6) is 1.64. The summed E-state index contributed by atoms with van der Waals surface area (Å²) in [7, 11) is 0. The van der Waals surface area contributed by atoms with E-state index < -0.39 is 0 Å². The number of alkyl halides is 2. The number of ether oxygens (including phenoxy) is 1. The van der Waals surface area contributed by atoms with Crippen LogP contribution in [-0.4, -0.2) is 11.2 Å². The summed E-state index contributed by atoms with van der Waals surface area (Å²) in [4.78, 5) is 0. The molecule has 168 valence electrons. The van der Waals surface area contributed by atoms with Crippen molar-refractivity contribution in [2.75, 3.05) is 6.61 Å². The third-order valence-electron chi connectivity index (χ3n) is 6.36. The molecule has 32 heavy (non-hydrogen) atoms. The molecule has 1 heterocycles. The Morgan fingerprint density at radius 2 is 1.41 bits per heavy atom. The van der Waals surface area contributed by atoms with Crippen LogP contribution in [0.15, 0.2) is 60.7 Å². The van der Waals surface area contributed by atoms with Crippen LogP contribution in [0.4, 0.5) is 0 Å². The summed E-state index contributed by atoms with van der Waals surface area (Å²) in [6.07, 6.45) is 4.90. The van der Waals surface area contributed by atoms with Gasteiger partial charge in [-0.05, 0) is 36.6 Å². The first-order valence-corrected chi connectivity index (χ1v) is 13.8. The normalized spacial score (nSPS) is 12.5. The van der Waals surface area contributed by atoms with Gasteiger partial charge < -0.3 is 9.30 Å². The molecule has 0 bridgehead atoms. The third-order valence-corrected chi connectivity index (χ3v) is 7.57. The molecule has 0 aliphatic carbocycles. The van der Waals surface area contributed by atoms with Gasteiger partial charge in [-0.2, -0.15) is 0 Å². The summed E-state index contributed by atoms with van der Waals surface area (Å²) in [6.45, 7) is 5.31. The topological polar surface area (TPSA) is 14.2 Å². The fraction of sp³-hybridized carbons (Fsp3) is 0.357. The Bertz CT molecular complexity index is 1120. The van der Waals surface area contributed by atoms with Crippen molar-refractivity contribution in [3.8, 4) is 11.4 Å². The maximum Gasteiger partial charge on any atom is 0.127 e. The molecule has 0 aliphatic heterocycles. The number of aromatic nitrogens is 1. The largest absolute Gasteiger partial charge is 0.493 e. The lowest BCUT2D eigenvalue weighted by Gasteiger charge is -2.21. The maximum atomic E-state index is 6.48. The molecule has 0 amide bonds. The van der Waals surface area contributed by atoms with Crippen molar-refractivity contribution in [2.24, 2.45) is 5.92 Å². The van der Waals surface area contributed by atoms with Crippen LogP contribution in [-0.2, 0) is 10.7 Å². The van der Waals surface area contributed by atoms with E-state index in [-0.39, 0.29) is 0 Å². The highest BCUT2D eigenvalue weighted by Crippen LogP contribution is 2.36. The second-order valence-corrected chi connectivity index (χ2v) is 9.58. The highest BCUT2D eigenvalue weighted by molar-refractivity contribution is 9.08. The molecule has 0 saturated heterocycles. The Hall–Kier alpha value is -1.78. The lowest BCUT2D eigenvalue weighted by atomic mass is 10.0. The molecule has 0 radical (unpaired) electrons. The SMILES string of the molecule is CCCCC(CC)COc1c(CBr)cc(-n2c3ccccc3c3ccccc32)cc1CBr. The fourth-order valence-electron chi connectivity index (χ4n) is 4.55. The monoisotopic (exact) mass is 555 g/mol. The van der Waals surface area contributed by atoms with E-state index in [0.717, 1.165) is 29.4 Å². The lowest BCUT2D eigenvalue weighted by molar-refractivity contribution is 0.230. The molecule has 0 fully saturated rings. The molecule has 1 aromatic heterocycles. The molecule has 0 aliphatic rings. The molecule has 4 aromatic rings. The number of halogens is 2. The molecule has 0 saturated carbocycles. The molecular formula is C28H31Br2NO. The predicted molar refractivity (Wildman–Crippen MR) is 145 cm³/mol. The highest BCUT2D eigenvalue weighted by Gasteiger charge is 2.17. The Morgan fingerprint density at radius 3 is 1.91 bits per heavy atom. The van der Waals surface area contributed by atoms with Crippen LogP contribution in [0.5, 0.6) is 5.75 Å². The van der Waals surface area contributed by atoms with Gasteiger partial charge >= 0.3 is 0 Å². The van der Waals surface area contributed by atoms with E-state index >= 15 is 0 Å².